The van der Waals surface area contributed by atoms with Crippen molar-refractivity contribution in [3.63, 3.8) is 0 Å². The molecule has 2 aromatic rings. The fourth-order valence-electron chi connectivity index (χ4n) is 4.75. The third-order valence-corrected chi connectivity index (χ3v) is 6.05. The van der Waals surface area contributed by atoms with Crippen LogP contribution in [0.25, 0.3) is 11.1 Å². The van der Waals surface area contributed by atoms with E-state index in [0.29, 0.717) is 5.92 Å². The lowest BCUT2D eigenvalue weighted by Gasteiger charge is -2.28. The van der Waals surface area contributed by atoms with Gasteiger partial charge in [0, 0.05) is 11.6 Å². The number of carbonyl (C=O) groups excluding carboxylic acids is 1. The van der Waals surface area contributed by atoms with Crippen molar-refractivity contribution in [3.8, 4) is 11.1 Å². The largest absolute Gasteiger partial charge is 0.349 e. The van der Waals surface area contributed by atoms with Crippen molar-refractivity contribution in [2.24, 2.45) is 17.8 Å². The normalized spacial score (nSPS) is 26.3. The van der Waals surface area contributed by atoms with Gasteiger partial charge in [0.2, 0.25) is 0 Å². The van der Waals surface area contributed by atoms with Crippen LogP contribution in [0.4, 0.5) is 0 Å². The summed E-state index contributed by atoms with van der Waals surface area (Å²) in [5, 5.41) is 3.24. The molecule has 0 saturated heterocycles. The van der Waals surface area contributed by atoms with Crippen LogP contribution in [0, 0.1) is 17.8 Å². The predicted molar refractivity (Wildman–Crippen MR) is 97.7 cm³/mol. The zero-order chi connectivity index (χ0) is 16.5. The minimum Gasteiger partial charge on any atom is -0.349 e. The predicted octanol–water partition coefficient (Wildman–Crippen LogP) is 4.91. The number of benzene rings is 2. The maximum absolute atomic E-state index is 12.6. The molecule has 4 rings (SSSR count). The van der Waals surface area contributed by atoms with E-state index in [1.807, 2.05) is 42.5 Å². The molecule has 0 radical (unpaired) electrons. The molecule has 124 valence electrons. The third kappa shape index (κ3) is 2.98. The number of carbonyl (C=O) groups is 1. The first-order chi connectivity index (χ1) is 11.7. The van der Waals surface area contributed by atoms with Crippen LogP contribution in [-0.2, 0) is 0 Å². The van der Waals surface area contributed by atoms with Crippen LogP contribution in [-0.4, -0.2) is 11.9 Å². The lowest BCUT2D eigenvalue weighted by molar-refractivity contribution is 0.0915. The molecule has 0 heterocycles. The molecule has 2 aliphatic rings. The average molecular weight is 319 g/mol. The molecule has 2 aromatic carbocycles. The highest BCUT2D eigenvalue weighted by atomic mass is 16.1. The number of hydrogen-bond acceptors (Lipinski definition) is 1. The van der Waals surface area contributed by atoms with Gasteiger partial charge in [0.25, 0.3) is 5.91 Å². The van der Waals surface area contributed by atoms with Gasteiger partial charge in [0.1, 0.15) is 0 Å². The van der Waals surface area contributed by atoms with E-state index in [0.717, 1.165) is 23.0 Å². The molecule has 24 heavy (non-hydrogen) atoms. The minimum atomic E-state index is 0.0601. The maximum Gasteiger partial charge on any atom is 0.251 e. The Morgan fingerprint density at radius 2 is 1.67 bits per heavy atom. The third-order valence-electron chi connectivity index (χ3n) is 6.05. The quantitative estimate of drug-likeness (QED) is 0.852. The Labute approximate surface area is 144 Å². The molecule has 0 spiro atoms. The van der Waals surface area contributed by atoms with E-state index >= 15 is 0 Å². The number of amides is 1. The molecule has 2 aliphatic carbocycles. The molecule has 2 bridgehead atoms. The van der Waals surface area contributed by atoms with Crippen LogP contribution < -0.4 is 5.32 Å². The first kappa shape index (κ1) is 15.4. The minimum absolute atomic E-state index is 0.0601. The van der Waals surface area contributed by atoms with E-state index in [1.54, 1.807) is 0 Å². The van der Waals surface area contributed by atoms with Gasteiger partial charge in [-0.1, -0.05) is 48.9 Å². The Kier molecular flexibility index (Phi) is 4.13. The van der Waals surface area contributed by atoms with E-state index < -0.39 is 0 Å². The summed E-state index contributed by atoms with van der Waals surface area (Å²) in [5.74, 6) is 2.50. The summed E-state index contributed by atoms with van der Waals surface area (Å²) in [7, 11) is 0. The number of rotatable bonds is 4. The summed E-state index contributed by atoms with van der Waals surface area (Å²) in [6, 6.07) is 18.5. The van der Waals surface area contributed by atoms with Crippen molar-refractivity contribution in [2.75, 3.05) is 0 Å². The van der Waals surface area contributed by atoms with Gasteiger partial charge in [-0.2, -0.15) is 0 Å². The van der Waals surface area contributed by atoms with Crippen molar-refractivity contribution >= 4 is 5.91 Å². The summed E-state index contributed by atoms with van der Waals surface area (Å²) >= 11 is 0. The molecular formula is C22H25NO. The van der Waals surface area contributed by atoms with E-state index in [2.05, 4.69) is 24.4 Å². The highest BCUT2D eigenvalue weighted by Crippen LogP contribution is 2.49. The summed E-state index contributed by atoms with van der Waals surface area (Å²) in [5.41, 5.74) is 3.08. The zero-order valence-corrected chi connectivity index (χ0v) is 14.2. The number of hydrogen-bond donors (Lipinski definition) is 1. The zero-order valence-electron chi connectivity index (χ0n) is 14.2. The Morgan fingerprint density at radius 3 is 2.29 bits per heavy atom. The van der Waals surface area contributed by atoms with E-state index in [9.17, 15) is 4.79 Å². The highest BCUT2D eigenvalue weighted by molar-refractivity contribution is 5.94. The average Bonchev–Trinajstić information content (AvgIpc) is 3.26. The van der Waals surface area contributed by atoms with E-state index in [4.69, 9.17) is 0 Å². The van der Waals surface area contributed by atoms with Crippen LogP contribution in [0.3, 0.4) is 0 Å². The molecular weight excluding hydrogens is 294 g/mol. The second-order valence-electron chi connectivity index (χ2n) is 7.54. The Hall–Kier alpha value is -2.09. The maximum atomic E-state index is 12.6. The molecule has 2 nitrogen and oxygen atoms in total. The fourth-order valence-corrected chi connectivity index (χ4v) is 4.75. The van der Waals surface area contributed by atoms with E-state index in [-0.39, 0.29) is 11.9 Å². The Bertz CT molecular complexity index is 707. The number of nitrogens with one attached hydrogen (secondary N) is 1. The van der Waals surface area contributed by atoms with Crippen molar-refractivity contribution in [2.45, 2.75) is 38.6 Å². The van der Waals surface area contributed by atoms with Gasteiger partial charge in [-0.05, 0) is 67.2 Å². The van der Waals surface area contributed by atoms with Gasteiger partial charge in [-0.3, -0.25) is 4.79 Å². The first-order valence-electron chi connectivity index (χ1n) is 9.17. The van der Waals surface area contributed by atoms with Crippen LogP contribution >= 0.6 is 0 Å². The number of fused-ring (bicyclic) bond motifs is 2. The lowest BCUT2D eigenvalue weighted by Crippen LogP contribution is -2.40. The Morgan fingerprint density at radius 1 is 0.958 bits per heavy atom. The summed E-state index contributed by atoms with van der Waals surface area (Å²) in [4.78, 5) is 12.6. The van der Waals surface area contributed by atoms with Crippen molar-refractivity contribution in [3.05, 3.63) is 60.2 Å². The van der Waals surface area contributed by atoms with Crippen LogP contribution in [0.5, 0.6) is 0 Å². The van der Waals surface area contributed by atoms with Crippen LogP contribution in [0.2, 0.25) is 0 Å². The van der Waals surface area contributed by atoms with Gasteiger partial charge in [0.15, 0.2) is 0 Å². The summed E-state index contributed by atoms with van der Waals surface area (Å²) in [6.07, 6.45) is 5.46. The molecule has 0 unspecified atom stereocenters. The standard InChI is InChI=1S/C22H25NO/c1-15(21-14-16-7-8-20(21)13-16)23-22(24)19-11-9-18(10-12-19)17-5-3-2-4-6-17/h2-6,9-12,15-16,20-21H,7-8,13-14H2,1H3,(H,23,24)/t15-,16+,20+,21-/m1/s1. The van der Waals surface area contributed by atoms with Gasteiger partial charge in [-0.15, -0.1) is 0 Å². The molecule has 2 heteroatoms. The second-order valence-corrected chi connectivity index (χ2v) is 7.54. The molecule has 2 saturated carbocycles. The SMILES string of the molecule is C[C@@H](NC(=O)c1ccc(-c2ccccc2)cc1)[C@H]1C[C@H]2CC[C@H]1C2. The molecule has 0 aromatic heterocycles. The molecule has 1 N–H and O–H groups in total. The van der Waals surface area contributed by atoms with Crippen LogP contribution in [0.1, 0.15) is 43.0 Å². The lowest BCUT2D eigenvalue weighted by atomic mass is 9.84. The van der Waals surface area contributed by atoms with Gasteiger partial charge in [0.05, 0.1) is 0 Å². The summed E-state index contributed by atoms with van der Waals surface area (Å²) < 4.78 is 0. The van der Waals surface area contributed by atoms with Crippen molar-refractivity contribution in [1.82, 2.24) is 5.32 Å². The smallest absolute Gasteiger partial charge is 0.251 e. The second kappa shape index (κ2) is 6.43. The van der Waals surface area contributed by atoms with Gasteiger partial charge < -0.3 is 5.32 Å². The van der Waals surface area contributed by atoms with Gasteiger partial charge >= 0.3 is 0 Å². The molecule has 0 aliphatic heterocycles. The topological polar surface area (TPSA) is 29.1 Å². The molecule has 4 atom stereocenters. The first-order valence-corrected chi connectivity index (χ1v) is 9.17. The van der Waals surface area contributed by atoms with Crippen LogP contribution in [0.15, 0.2) is 54.6 Å². The van der Waals surface area contributed by atoms with E-state index in [1.165, 1.54) is 31.2 Å². The highest BCUT2D eigenvalue weighted by Gasteiger charge is 2.42. The van der Waals surface area contributed by atoms with Crippen molar-refractivity contribution in [1.29, 1.82) is 0 Å². The Balaban J connectivity index is 1.41. The summed E-state index contributed by atoms with van der Waals surface area (Å²) in [6.45, 7) is 2.18. The fraction of sp³-hybridized carbons (Fsp3) is 0.409. The molecule has 1 amide bonds. The van der Waals surface area contributed by atoms with Crippen molar-refractivity contribution < 1.29 is 4.79 Å². The van der Waals surface area contributed by atoms with Gasteiger partial charge in [-0.25, -0.2) is 0 Å². The monoisotopic (exact) mass is 319 g/mol. The molecule has 2 fully saturated rings.